The number of nitrogens with one attached hydrogen (secondary N) is 1. The van der Waals surface area contributed by atoms with Crippen LogP contribution < -0.4 is 11.1 Å². The molecule has 2 aromatic rings. The first-order valence-electron chi connectivity index (χ1n) is 7.55. The van der Waals surface area contributed by atoms with Crippen LogP contribution in [0.2, 0.25) is 0 Å². The number of aromatic nitrogens is 1. The van der Waals surface area contributed by atoms with Crippen LogP contribution in [0.1, 0.15) is 27.5 Å². The SMILES string of the molecule is NC(=O)N1CC[C@H](NC(=O)c2csc(Cc3cccc(F)c3)n2)C1. The second-order valence-corrected chi connectivity index (χ2v) is 6.62. The minimum atomic E-state index is -0.474. The molecule has 0 bridgehead atoms. The molecule has 1 fully saturated rings. The van der Waals surface area contributed by atoms with Gasteiger partial charge in [0.15, 0.2) is 0 Å². The number of hydrogen-bond acceptors (Lipinski definition) is 4. The van der Waals surface area contributed by atoms with E-state index in [1.54, 1.807) is 11.4 Å². The molecule has 1 atom stereocenters. The minimum absolute atomic E-state index is 0.113. The van der Waals surface area contributed by atoms with Gasteiger partial charge >= 0.3 is 6.03 Å². The van der Waals surface area contributed by atoms with E-state index >= 15 is 0 Å². The van der Waals surface area contributed by atoms with Crippen LogP contribution in [0, 0.1) is 5.82 Å². The third-order valence-corrected chi connectivity index (χ3v) is 4.71. The summed E-state index contributed by atoms with van der Waals surface area (Å²) in [5.41, 5.74) is 6.37. The lowest BCUT2D eigenvalue weighted by atomic mass is 10.1. The molecule has 0 unspecified atom stereocenters. The number of primary amides is 1. The smallest absolute Gasteiger partial charge is 0.314 e. The Hall–Kier alpha value is -2.48. The maximum atomic E-state index is 13.2. The molecule has 3 N–H and O–H groups in total. The molecule has 1 aromatic heterocycles. The highest BCUT2D eigenvalue weighted by molar-refractivity contribution is 7.09. The van der Waals surface area contributed by atoms with Crippen LogP contribution in [0.3, 0.4) is 0 Å². The Morgan fingerprint density at radius 2 is 2.29 bits per heavy atom. The van der Waals surface area contributed by atoms with Gasteiger partial charge < -0.3 is 16.0 Å². The minimum Gasteiger partial charge on any atom is -0.351 e. The van der Waals surface area contributed by atoms with Crippen LogP contribution in [-0.4, -0.2) is 41.0 Å². The number of urea groups is 1. The van der Waals surface area contributed by atoms with Gasteiger partial charge in [0.05, 0.1) is 5.01 Å². The Morgan fingerprint density at radius 3 is 3.00 bits per heavy atom. The van der Waals surface area contributed by atoms with Crippen LogP contribution in [0.5, 0.6) is 0 Å². The summed E-state index contributed by atoms with van der Waals surface area (Å²) in [4.78, 5) is 29.1. The Morgan fingerprint density at radius 1 is 1.46 bits per heavy atom. The first-order chi connectivity index (χ1) is 11.5. The zero-order chi connectivity index (χ0) is 17.1. The Balaban J connectivity index is 1.59. The topological polar surface area (TPSA) is 88.3 Å². The molecule has 2 heterocycles. The molecule has 0 aliphatic carbocycles. The van der Waals surface area contributed by atoms with Gasteiger partial charge in [0.25, 0.3) is 5.91 Å². The predicted octanol–water partition coefficient (Wildman–Crippen LogP) is 1.76. The van der Waals surface area contributed by atoms with Crippen molar-refractivity contribution in [1.82, 2.24) is 15.2 Å². The lowest BCUT2D eigenvalue weighted by Crippen LogP contribution is -2.40. The number of nitrogens with two attached hydrogens (primary N) is 1. The number of rotatable bonds is 4. The summed E-state index contributed by atoms with van der Waals surface area (Å²) in [5.74, 6) is -0.560. The number of halogens is 1. The number of amides is 3. The molecular formula is C16H17FN4O2S. The fraction of sp³-hybridized carbons (Fsp3) is 0.312. The molecule has 1 aromatic carbocycles. The third-order valence-electron chi connectivity index (χ3n) is 3.86. The first-order valence-corrected chi connectivity index (χ1v) is 8.43. The molecule has 24 heavy (non-hydrogen) atoms. The van der Waals surface area contributed by atoms with Crippen molar-refractivity contribution in [3.63, 3.8) is 0 Å². The van der Waals surface area contributed by atoms with Crippen molar-refractivity contribution in [2.75, 3.05) is 13.1 Å². The van der Waals surface area contributed by atoms with E-state index in [0.717, 1.165) is 10.6 Å². The van der Waals surface area contributed by atoms with Crippen LogP contribution in [0.25, 0.3) is 0 Å². The van der Waals surface area contributed by atoms with Gasteiger partial charge in [-0.05, 0) is 24.1 Å². The zero-order valence-electron chi connectivity index (χ0n) is 12.9. The van der Waals surface area contributed by atoms with Crippen LogP contribution in [0.4, 0.5) is 9.18 Å². The van der Waals surface area contributed by atoms with Crippen molar-refractivity contribution in [3.8, 4) is 0 Å². The van der Waals surface area contributed by atoms with Gasteiger partial charge in [-0.2, -0.15) is 0 Å². The maximum absolute atomic E-state index is 13.2. The highest BCUT2D eigenvalue weighted by Crippen LogP contribution is 2.16. The highest BCUT2D eigenvalue weighted by Gasteiger charge is 2.26. The number of carbonyl (C=O) groups is 2. The maximum Gasteiger partial charge on any atom is 0.314 e. The molecule has 126 valence electrons. The van der Waals surface area contributed by atoms with E-state index in [9.17, 15) is 14.0 Å². The zero-order valence-corrected chi connectivity index (χ0v) is 13.7. The summed E-state index contributed by atoms with van der Waals surface area (Å²) in [5, 5.41) is 5.29. The molecular weight excluding hydrogens is 331 g/mol. The summed E-state index contributed by atoms with van der Waals surface area (Å²) in [6, 6.07) is 5.73. The molecule has 6 nitrogen and oxygen atoms in total. The average molecular weight is 348 g/mol. The number of carbonyl (C=O) groups excluding carboxylic acids is 2. The quantitative estimate of drug-likeness (QED) is 0.882. The Kier molecular flexibility index (Phi) is 4.75. The van der Waals surface area contributed by atoms with E-state index in [2.05, 4.69) is 10.3 Å². The van der Waals surface area contributed by atoms with E-state index in [0.29, 0.717) is 31.6 Å². The predicted molar refractivity (Wildman–Crippen MR) is 88.3 cm³/mol. The van der Waals surface area contributed by atoms with E-state index in [1.807, 2.05) is 6.07 Å². The van der Waals surface area contributed by atoms with Crippen LogP contribution in [-0.2, 0) is 6.42 Å². The van der Waals surface area contributed by atoms with Crippen LogP contribution >= 0.6 is 11.3 Å². The molecule has 3 rings (SSSR count). The fourth-order valence-corrected chi connectivity index (χ4v) is 3.46. The third kappa shape index (κ3) is 3.88. The van der Waals surface area contributed by atoms with E-state index < -0.39 is 6.03 Å². The fourth-order valence-electron chi connectivity index (χ4n) is 2.66. The summed E-state index contributed by atoms with van der Waals surface area (Å²) >= 11 is 1.36. The van der Waals surface area contributed by atoms with Crippen molar-refractivity contribution < 1.29 is 14.0 Å². The molecule has 0 radical (unpaired) electrons. The summed E-state index contributed by atoms with van der Waals surface area (Å²) < 4.78 is 13.2. The molecule has 8 heteroatoms. The summed E-state index contributed by atoms with van der Waals surface area (Å²) in [6.45, 7) is 0.962. The van der Waals surface area contributed by atoms with Crippen molar-refractivity contribution in [1.29, 1.82) is 0 Å². The van der Waals surface area contributed by atoms with Gasteiger partial charge in [-0.1, -0.05) is 12.1 Å². The normalized spacial score (nSPS) is 17.0. The number of benzene rings is 1. The number of thiazole rings is 1. The highest BCUT2D eigenvalue weighted by atomic mass is 32.1. The van der Waals surface area contributed by atoms with Crippen molar-refractivity contribution >= 4 is 23.3 Å². The second kappa shape index (κ2) is 6.96. The molecule has 0 saturated carbocycles. The van der Waals surface area contributed by atoms with Gasteiger partial charge in [-0.3, -0.25) is 4.79 Å². The van der Waals surface area contributed by atoms with Crippen molar-refractivity contribution in [2.45, 2.75) is 18.9 Å². The molecule has 0 spiro atoms. The summed E-state index contributed by atoms with van der Waals surface area (Å²) in [7, 11) is 0. The number of hydrogen-bond donors (Lipinski definition) is 2. The Labute approximate surface area is 142 Å². The largest absolute Gasteiger partial charge is 0.351 e. The second-order valence-electron chi connectivity index (χ2n) is 5.68. The monoisotopic (exact) mass is 348 g/mol. The van der Waals surface area contributed by atoms with E-state index in [4.69, 9.17) is 5.73 Å². The molecule has 1 aliphatic rings. The van der Waals surface area contributed by atoms with E-state index in [1.165, 1.54) is 28.4 Å². The standard InChI is InChI=1S/C16H17FN4O2S/c17-11-3-1-2-10(6-11)7-14-20-13(9-24-14)15(22)19-12-4-5-21(8-12)16(18)23/h1-3,6,9,12H,4-5,7-8H2,(H2,18,23)(H,19,22)/t12-/m0/s1. The van der Waals surface area contributed by atoms with Gasteiger partial charge in [-0.15, -0.1) is 11.3 Å². The first kappa shape index (κ1) is 16.4. The van der Waals surface area contributed by atoms with Gasteiger partial charge in [0.2, 0.25) is 0 Å². The van der Waals surface area contributed by atoms with Crippen molar-refractivity contribution in [3.05, 3.63) is 51.7 Å². The summed E-state index contributed by atoms with van der Waals surface area (Å²) in [6.07, 6.45) is 1.16. The van der Waals surface area contributed by atoms with Crippen LogP contribution in [0.15, 0.2) is 29.6 Å². The average Bonchev–Trinajstić information content (AvgIpc) is 3.17. The Bertz CT molecular complexity index is 764. The number of nitrogens with zero attached hydrogens (tertiary/aromatic N) is 2. The van der Waals surface area contributed by atoms with Crippen molar-refractivity contribution in [2.24, 2.45) is 5.73 Å². The molecule has 3 amide bonds. The molecule has 1 saturated heterocycles. The number of likely N-dealkylation sites (tertiary alicyclic amines) is 1. The van der Waals surface area contributed by atoms with Gasteiger partial charge in [0, 0.05) is 30.9 Å². The lowest BCUT2D eigenvalue weighted by Gasteiger charge is -2.13. The van der Waals surface area contributed by atoms with Gasteiger partial charge in [0.1, 0.15) is 11.5 Å². The lowest BCUT2D eigenvalue weighted by molar-refractivity contribution is 0.0933. The van der Waals surface area contributed by atoms with Gasteiger partial charge in [-0.25, -0.2) is 14.2 Å². The molecule has 1 aliphatic heterocycles. The van der Waals surface area contributed by atoms with E-state index in [-0.39, 0.29) is 17.8 Å².